The molecule has 0 atom stereocenters. The standard InChI is InChI=1S/C31H23N/c1-31(2)26-14-8-6-12-21(26)23-17-16-22-24(30(23)31)18-19-28-29(22)25-13-7-9-15-27(25)32(28)20-10-4-3-5-11-20/h3-19H,1-2H3. The molecule has 0 saturated carbocycles. The fraction of sp³-hybridized carbons (Fsp3) is 0.0968. The van der Waals surface area contributed by atoms with Gasteiger partial charge in [0.15, 0.2) is 0 Å². The zero-order valence-corrected chi connectivity index (χ0v) is 18.3. The van der Waals surface area contributed by atoms with Crippen LogP contribution >= 0.6 is 0 Å². The molecule has 152 valence electrons. The summed E-state index contributed by atoms with van der Waals surface area (Å²) >= 11 is 0. The third-order valence-corrected chi connectivity index (χ3v) is 7.36. The number of benzene rings is 5. The van der Waals surface area contributed by atoms with E-state index in [0.29, 0.717) is 0 Å². The van der Waals surface area contributed by atoms with E-state index in [1.807, 2.05) is 0 Å². The van der Waals surface area contributed by atoms with E-state index in [4.69, 9.17) is 0 Å². The number of nitrogens with zero attached hydrogens (tertiary/aromatic N) is 1. The van der Waals surface area contributed by atoms with Crippen LogP contribution < -0.4 is 0 Å². The van der Waals surface area contributed by atoms with Crippen molar-refractivity contribution in [2.75, 3.05) is 0 Å². The number of para-hydroxylation sites is 2. The first-order valence-electron chi connectivity index (χ1n) is 11.3. The molecule has 0 amide bonds. The van der Waals surface area contributed by atoms with E-state index >= 15 is 0 Å². The van der Waals surface area contributed by atoms with Crippen molar-refractivity contribution >= 4 is 32.6 Å². The van der Waals surface area contributed by atoms with Gasteiger partial charge in [0, 0.05) is 21.9 Å². The largest absolute Gasteiger partial charge is 0.309 e. The predicted molar refractivity (Wildman–Crippen MR) is 136 cm³/mol. The van der Waals surface area contributed by atoms with Crippen LogP contribution in [0.3, 0.4) is 0 Å². The van der Waals surface area contributed by atoms with Crippen LogP contribution in [-0.4, -0.2) is 4.57 Å². The van der Waals surface area contributed by atoms with E-state index in [9.17, 15) is 0 Å². The number of hydrogen-bond donors (Lipinski definition) is 0. The maximum absolute atomic E-state index is 2.40. The molecule has 0 spiro atoms. The highest BCUT2D eigenvalue weighted by molar-refractivity contribution is 6.22. The topological polar surface area (TPSA) is 4.93 Å². The molecule has 0 fully saturated rings. The minimum atomic E-state index is -0.0170. The second-order valence-electron chi connectivity index (χ2n) is 9.40. The SMILES string of the molecule is CC1(C)c2ccccc2-c2ccc3c(ccc4c3c3ccccc3n4-c3ccccc3)c21. The van der Waals surface area contributed by atoms with Gasteiger partial charge in [-0.25, -0.2) is 0 Å². The summed E-state index contributed by atoms with van der Waals surface area (Å²) in [5.41, 5.74) is 9.33. The first-order chi connectivity index (χ1) is 15.7. The summed E-state index contributed by atoms with van der Waals surface area (Å²) in [4.78, 5) is 0. The fourth-order valence-electron chi connectivity index (χ4n) is 6.02. The van der Waals surface area contributed by atoms with Gasteiger partial charge in [0.25, 0.3) is 0 Å². The molecule has 1 aliphatic carbocycles. The highest BCUT2D eigenvalue weighted by Crippen LogP contribution is 2.52. The molecule has 1 nitrogen and oxygen atoms in total. The molecule has 1 heteroatoms. The van der Waals surface area contributed by atoms with Crippen LogP contribution in [-0.2, 0) is 5.41 Å². The summed E-state index contributed by atoms with van der Waals surface area (Å²) in [6.45, 7) is 4.74. The molecule has 0 radical (unpaired) electrons. The molecule has 5 aromatic carbocycles. The Hall–Kier alpha value is -3.84. The molecule has 0 saturated heterocycles. The molecular formula is C31H23N. The van der Waals surface area contributed by atoms with Gasteiger partial charge in [-0.1, -0.05) is 92.7 Å². The van der Waals surface area contributed by atoms with E-state index < -0.39 is 0 Å². The number of fused-ring (bicyclic) bond motifs is 9. The van der Waals surface area contributed by atoms with E-state index in [1.165, 1.54) is 60.5 Å². The Balaban J connectivity index is 1.66. The predicted octanol–water partition coefficient (Wildman–Crippen LogP) is 8.24. The summed E-state index contributed by atoms with van der Waals surface area (Å²) < 4.78 is 2.40. The van der Waals surface area contributed by atoms with E-state index in [-0.39, 0.29) is 5.41 Å². The first kappa shape index (κ1) is 17.8. The average Bonchev–Trinajstić information content (AvgIpc) is 3.29. The summed E-state index contributed by atoms with van der Waals surface area (Å²) in [6.07, 6.45) is 0. The minimum absolute atomic E-state index is 0.0170. The van der Waals surface area contributed by atoms with Crippen LogP contribution in [0.25, 0.3) is 49.4 Å². The maximum Gasteiger partial charge on any atom is 0.0547 e. The highest BCUT2D eigenvalue weighted by atomic mass is 15.0. The van der Waals surface area contributed by atoms with Gasteiger partial charge >= 0.3 is 0 Å². The van der Waals surface area contributed by atoms with Crippen molar-refractivity contribution in [2.45, 2.75) is 19.3 Å². The van der Waals surface area contributed by atoms with Crippen molar-refractivity contribution in [1.82, 2.24) is 4.57 Å². The lowest BCUT2D eigenvalue weighted by Crippen LogP contribution is -2.15. The van der Waals surface area contributed by atoms with Crippen LogP contribution in [0.1, 0.15) is 25.0 Å². The monoisotopic (exact) mass is 409 g/mol. The molecule has 0 aliphatic heterocycles. The fourth-order valence-corrected chi connectivity index (χ4v) is 6.02. The molecule has 0 bridgehead atoms. The van der Waals surface area contributed by atoms with Gasteiger partial charge in [-0.3, -0.25) is 0 Å². The normalized spacial score (nSPS) is 14.2. The Bertz CT molecular complexity index is 1680. The van der Waals surface area contributed by atoms with Crippen LogP contribution in [0, 0.1) is 0 Å². The van der Waals surface area contributed by atoms with Crippen LogP contribution in [0.2, 0.25) is 0 Å². The molecule has 0 unspecified atom stereocenters. The minimum Gasteiger partial charge on any atom is -0.309 e. The zero-order valence-electron chi connectivity index (χ0n) is 18.3. The van der Waals surface area contributed by atoms with Crippen LogP contribution in [0.5, 0.6) is 0 Å². The Labute approximate surface area is 187 Å². The van der Waals surface area contributed by atoms with Crippen molar-refractivity contribution in [3.05, 3.63) is 114 Å². The zero-order chi connectivity index (χ0) is 21.4. The van der Waals surface area contributed by atoms with Crippen molar-refractivity contribution in [1.29, 1.82) is 0 Å². The number of aromatic nitrogens is 1. The van der Waals surface area contributed by atoms with Crippen LogP contribution in [0.15, 0.2) is 103 Å². The van der Waals surface area contributed by atoms with E-state index in [2.05, 4.69) is 122 Å². The van der Waals surface area contributed by atoms with Gasteiger partial charge in [0.05, 0.1) is 11.0 Å². The highest BCUT2D eigenvalue weighted by Gasteiger charge is 2.36. The van der Waals surface area contributed by atoms with Crippen molar-refractivity contribution < 1.29 is 0 Å². The summed E-state index contributed by atoms with van der Waals surface area (Å²) in [6, 6.07) is 37.7. The Morgan fingerprint density at radius 2 is 1.25 bits per heavy atom. The molecule has 1 heterocycles. The lowest BCUT2D eigenvalue weighted by atomic mass is 9.80. The summed E-state index contributed by atoms with van der Waals surface area (Å²) in [5.74, 6) is 0. The smallest absolute Gasteiger partial charge is 0.0547 e. The molecule has 1 aliphatic rings. The number of rotatable bonds is 1. The average molecular weight is 410 g/mol. The van der Waals surface area contributed by atoms with Gasteiger partial charge in [-0.05, 0) is 57.3 Å². The molecule has 1 aromatic heterocycles. The molecule has 32 heavy (non-hydrogen) atoms. The summed E-state index contributed by atoms with van der Waals surface area (Å²) in [7, 11) is 0. The van der Waals surface area contributed by atoms with Gasteiger partial charge in [0.2, 0.25) is 0 Å². The third kappa shape index (κ3) is 2.13. The quantitative estimate of drug-likeness (QED) is 0.258. The molecule has 6 aromatic rings. The Morgan fingerprint density at radius 3 is 2.12 bits per heavy atom. The van der Waals surface area contributed by atoms with Gasteiger partial charge in [-0.15, -0.1) is 0 Å². The Kier molecular flexibility index (Phi) is 3.40. The number of hydrogen-bond acceptors (Lipinski definition) is 0. The second kappa shape index (κ2) is 6.11. The van der Waals surface area contributed by atoms with Crippen molar-refractivity contribution in [3.8, 4) is 16.8 Å². The molecule has 7 rings (SSSR count). The summed E-state index contributed by atoms with van der Waals surface area (Å²) in [5, 5.41) is 5.36. The van der Waals surface area contributed by atoms with Crippen molar-refractivity contribution in [3.63, 3.8) is 0 Å². The third-order valence-electron chi connectivity index (χ3n) is 7.36. The van der Waals surface area contributed by atoms with Gasteiger partial charge < -0.3 is 4.57 Å². The Morgan fingerprint density at radius 1 is 0.531 bits per heavy atom. The van der Waals surface area contributed by atoms with Gasteiger partial charge in [0.1, 0.15) is 0 Å². The molecular weight excluding hydrogens is 386 g/mol. The van der Waals surface area contributed by atoms with E-state index in [0.717, 1.165) is 0 Å². The second-order valence-corrected chi connectivity index (χ2v) is 9.40. The lowest BCUT2D eigenvalue weighted by molar-refractivity contribution is 0.666. The lowest BCUT2D eigenvalue weighted by Gasteiger charge is -2.23. The van der Waals surface area contributed by atoms with Gasteiger partial charge in [-0.2, -0.15) is 0 Å². The van der Waals surface area contributed by atoms with Crippen molar-refractivity contribution in [2.24, 2.45) is 0 Å². The van der Waals surface area contributed by atoms with Crippen LogP contribution in [0.4, 0.5) is 0 Å². The van der Waals surface area contributed by atoms with E-state index in [1.54, 1.807) is 0 Å². The maximum atomic E-state index is 2.40. The first-order valence-corrected chi connectivity index (χ1v) is 11.3. The molecule has 0 N–H and O–H groups in total.